The second-order valence-electron chi connectivity index (χ2n) is 7.87. The highest BCUT2D eigenvalue weighted by molar-refractivity contribution is 5.66. The number of hydrogen-bond acceptors (Lipinski definition) is 2. The van der Waals surface area contributed by atoms with Gasteiger partial charge in [-0.1, -0.05) is 95.8 Å². The summed E-state index contributed by atoms with van der Waals surface area (Å²) in [6, 6.07) is 7.86. The minimum Gasteiger partial charge on any atom is -0.508 e. The smallest absolute Gasteiger partial charge is 0.303 e. The molecule has 0 radical (unpaired) electrons. The highest BCUT2D eigenvalue weighted by Crippen LogP contribution is 2.33. The molecule has 0 saturated carbocycles. The zero-order valence-electron chi connectivity index (χ0n) is 17.3. The molecule has 27 heavy (non-hydrogen) atoms. The van der Waals surface area contributed by atoms with Crippen molar-refractivity contribution in [3.05, 3.63) is 29.8 Å². The molecule has 0 bridgehead atoms. The fourth-order valence-electron chi connectivity index (χ4n) is 3.83. The van der Waals surface area contributed by atoms with Crippen LogP contribution in [0.15, 0.2) is 24.3 Å². The number of benzene rings is 1. The first-order valence-corrected chi connectivity index (χ1v) is 11.1. The van der Waals surface area contributed by atoms with Gasteiger partial charge in [0, 0.05) is 6.42 Å². The van der Waals surface area contributed by atoms with E-state index in [2.05, 4.69) is 13.0 Å². The standard InChI is InChI=1S/C24H40O3/c1-2-3-4-11-16-21(22-18-14-15-19-23(22)25)17-12-9-7-5-6-8-10-13-20-24(26)27/h14-15,18-19,21,25H,2-13,16-17,20H2,1H3,(H,26,27). The predicted octanol–water partition coefficient (Wildman–Crippen LogP) is 7.43. The summed E-state index contributed by atoms with van der Waals surface area (Å²) in [7, 11) is 0. The van der Waals surface area contributed by atoms with E-state index in [1.807, 2.05) is 18.2 Å². The van der Waals surface area contributed by atoms with Gasteiger partial charge < -0.3 is 10.2 Å². The summed E-state index contributed by atoms with van der Waals surface area (Å²) < 4.78 is 0. The summed E-state index contributed by atoms with van der Waals surface area (Å²) in [6.45, 7) is 2.24. The van der Waals surface area contributed by atoms with E-state index in [0.29, 0.717) is 18.1 Å². The predicted molar refractivity (Wildman–Crippen MR) is 113 cm³/mol. The Morgan fingerprint density at radius 2 is 1.33 bits per heavy atom. The van der Waals surface area contributed by atoms with Crippen molar-refractivity contribution < 1.29 is 15.0 Å². The van der Waals surface area contributed by atoms with Crippen LogP contribution in [0.1, 0.15) is 115 Å². The highest BCUT2D eigenvalue weighted by Gasteiger charge is 2.14. The molecule has 0 fully saturated rings. The molecule has 1 aromatic carbocycles. The lowest BCUT2D eigenvalue weighted by Gasteiger charge is -2.18. The summed E-state index contributed by atoms with van der Waals surface area (Å²) in [5, 5.41) is 18.8. The van der Waals surface area contributed by atoms with Crippen LogP contribution < -0.4 is 0 Å². The molecule has 0 amide bonds. The topological polar surface area (TPSA) is 57.5 Å². The van der Waals surface area contributed by atoms with E-state index < -0.39 is 5.97 Å². The minimum atomic E-state index is -0.677. The third-order valence-electron chi connectivity index (χ3n) is 5.48. The van der Waals surface area contributed by atoms with Crippen molar-refractivity contribution >= 4 is 5.97 Å². The number of carboxylic acids is 1. The molecule has 154 valence electrons. The molecule has 1 atom stereocenters. The van der Waals surface area contributed by atoms with Gasteiger partial charge in [0.05, 0.1) is 0 Å². The maximum atomic E-state index is 10.5. The van der Waals surface area contributed by atoms with Crippen molar-refractivity contribution in [1.82, 2.24) is 0 Å². The second-order valence-corrected chi connectivity index (χ2v) is 7.87. The SMILES string of the molecule is CCCCCCC(CCCCCCCCCCC(=O)O)c1ccccc1O. The van der Waals surface area contributed by atoms with Crippen LogP contribution in [0.2, 0.25) is 0 Å². The van der Waals surface area contributed by atoms with Gasteiger partial charge in [0.1, 0.15) is 5.75 Å². The van der Waals surface area contributed by atoms with Crippen LogP contribution in [-0.4, -0.2) is 16.2 Å². The molecule has 0 aliphatic heterocycles. The van der Waals surface area contributed by atoms with Gasteiger partial charge in [0.2, 0.25) is 0 Å². The first kappa shape index (κ1) is 23.5. The molecular weight excluding hydrogens is 336 g/mol. The lowest BCUT2D eigenvalue weighted by molar-refractivity contribution is -0.137. The maximum absolute atomic E-state index is 10.5. The number of aromatic hydroxyl groups is 1. The van der Waals surface area contributed by atoms with Crippen LogP contribution in [0.25, 0.3) is 0 Å². The van der Waals surface area contributed by atoms with Crippen molar-refractivity contribution in [3.8, 4) is 5.75 Å². The van der Waals surface area contributed by atoms with Crippen LogP contribution in [0.5, 0.6) is 5.75 Å². The molecule has 0 spiro atoms. The summed E-state index contributed by atoms with van der Waals surface area (Å²) in [5.41, 5.74) is 1.13. The zero-order chi connectivity index (χ0) is 19.7. The van der Waals surface area contributed by atoms with Crippen molar-refractivity contribution in [2.75, 3.05) is 0 Å². The lowest BCUT2D eigenvalue weighted by Crippen LogP contribution is -2.00. The number of unbranched alkanes of at least 4 members (excludes halogenated alkanes) is 10. The van der Waals surface area contributed by atoms with E-state index in [9.17, 15) is 9.90 Å². The Balaban J connectivity index is 2.21. The van der Waals surface area contributed by atoms with E-state index in [-0.39, 0.29) is 0 Å². The Morgan fingerprint density at radius 1 is 0.815 bits per heavy atom. The summed E-state index contributed by atoms with van der Waals surface area (Å²) in [5.74, 6) is 0.266. The molecule has 3 heteroatoms. The number of hydrogen-bond donors (Lipinski definition) is 2. The van der Waals surface area contributed by atoms with E-state index in [0.717, 1.165) is 24.8 Å². The number of aliphatic carboxylic acids is 1. The summed E-state index contributed by atoms with van der Waals surface area (Å²) in [4.78, 5) is 10.5. The molecule has 2 N–H and O–H groups in total. The lowest BCUT2D eigenvalue weighted by atomic mass is 9.87. The Morgan fingerprint density at radius 3 is 1.89 bits per heavy atom. The molecule has 0 aliphatic rings. The number of phenolic OH excluding ortho intramolecular Hbond substituents is 1. The van der Waals surface area contributed by atoms with Crippen LogP contribution >= 0.6 is 0 Å². The third-order valence-corrected chi connectivity index (χ3v) is 5.48. The molecule has 0 aromatic heterocycles. The largest absolute Gasteiger partial charge is 0.508 e. The van der Waals surface area contributed by atoms with E-state index in [4.69, 9.17) is 5.11 Å². The Bertz CT molecular complexity index is 498. The van der Waals surface area contributed by atoms with Crippen molar-refractivity contribution in [3.63, 3.8) is 0 Å². The second kappa shape index (κ2) is 15.5. The number of carbonyl (C=O) groups is 1. The van der Waals surface area contributed by atoms with E-state index >= 15 is 0 Å². The van der Waals surface area contributed by atoms with Gasteiger partial charge in [-0.15, -0.1) is 0 Å². The van der Waals surface area contributed by atoms with Gasteiger partial charge >= 0.3 is 5.97 Å². The monoisotopic (exact) mass is 376 g/mol. The molecule has 3 nitrogen and oxygen atoms in total. The molecule has 1 rings (SSSR count). The van der Waals surface area contributed by atoms with E-state index in [1.54, 1.807) is 0 Å². The Labute approximate surface area is 166 Å². The zero-order valence-corrected chi connectivity index (χ0v) is 17.3. The number of rotatable bonds is 17. The van der Waals surface area contributed by atoms with Crippen molar-refractivity contribution in [2.24, 2.45) is 0 Å². The maximum Gasteiger partial charge on any atom is 0.303 e. The van der Waals surface area contributed by atoms with Gasteiger partial charge in [-0.05, 0) is 36.8 Å². The van der Waals surface area contributed by atoms with Gasteiger partial charge in [-0.2, -0.15) is 0 Å². The number of phenols is 1. The quantitative estimate of drug-likeness (QED) is 0.278. The molecule has 0 heterocycles. The Hall–Kier alpha value is -1.51. The van der Waals surface area contributed by atoms with Crippen LogP contribution in [0.3, 0.4) is 0 Å². The van der Waals surface area contributed by atoms with Crippen LogP contribution in [0, 0.1) is 0 Å². The van der Waals surface area contributed by atoms with E-state index in [1.165, 1.54) is 70.6 Å². The van der Waals surface area contributed by atoms with Gasteiger partial charge in [0.15, 0.2) is 0 Å². The molecule has 1 unspecified atom stereocenters. The number of carboxylic acid groups (broad SMARTS) is 1. The summed E-state index contributed by atoms with van der Waals surface area (Å²) in [6.07, 6.45) is 17.0. The third kappa shape index (κ3) is 11.7. The first-order chi connectivity index (χ1) is 13.1. The van der Waals surface area contributed by atoms with Gasteiger partial charge in [-0.3, -0.25) is 4.79 Å². The Kier molecular flexibility index (Phi) is 13.5. The average Bonchev–Trinajstić information content (AvgIpc) is 2.65. The molecule has 0 aliphatic carbocycles. The fourth-order valence-corrected chi connectivity index (χ4v) is 3.83. The molecule has 1 aromatic rings. The van der Waals surface area contributed by atoms with Crippen LogP contribution in [0.4, 0.5) is 0 Å². The van der Waals surface area contributed by atoms with Gasteiger partial charge in [-0.25, -0.2) is 0 Å². The fraction of sp³-hybridized carbons (Fsp3) is 0.708. The number of para-hydroxylation sites is 1. The normalized spacial score (nSPS) is 12.2. The van der Waals surface area contributed by atoms with Crippen molar-refractivity contribution in [2.45, 2.75) is 109 Å². The van der Waals surface area contributed by atoms with Crippen LogP contribution in [-0.2, 0) is 4.79 Å². The first-order valence-electron chi connectivity index (χ1n) is 11.1. The van der Waals surface area contributed by atoms with Crippen molar-refractivity contribution in [1.29, 1.82) is 0 Å². The van der Waals surface area contributed by atoms with Gasteiger partial charge in [0.25, 0.3) is 0 Å². The minimum absolute atomic E-state index is 0.311. The summed E-state index contributed by atoms with van der Waals surface area (Å²) >= 11 is 0. The molecule has 0 saturated heterocycles. The average molecular weight is 377 g/mol. The highest BCUT2D eigenvalue weighted by atomic mass is 16.4. The molecular formula is C24H40O3.